The molecule has 2 radical (unpaired) electrons. The molecular formula is C69H73Ir2N3O5Se2-2. The molecule has 0 fully saturated rings. The quantitative estimate of drug-likeness (QED) is 0.0506. The van der Waals surface area contributed by atoms with Gasteiger partial charge in [-0.1, -0.05) is 27.7 Å². The van der Waals surface area contributed by atoms with E-state index < -0.39 is 0 Å². The molecule has 0 saturated carbocycles. The van der Waals surface area contributed by atoms with Crippen LogP contribution in [-0.4, -0.2) is 65.7 Å². The van der Waals surface area contributed by atoms with Crippen molar-refractivity contribution in [2.75, 3.05) is 0 Å². The van der Waals surface area contributed by atoms with Gasteiger partial charge < -0.3 is 10.2 Å². The van der Waals surface area contributed by atoms with Gasteiger partial charge in [-0.05, 0) is 39.5 Å². The Morgan fingerprint density at radius 2 is 1.21 bits per heavy atom. The van der Waals surface area contributed by atoms with E-state index in [2.05, 4.69) is 150 Å². The molecule has 12 heteroatoms. The van der Waals surface area contributed by atoms with Crippen molar-refractivity contribution in [1.29, 1.82) is 0 Å². The van der Waals surface area contributed by atoms with Crippen molar-refractivity contribution >= 4 is 81.9 Å². The molecule has 0 bridgehead atoms. The smallest absolute Gasteiger partial charge is 0 e. The molecule has 0 aliphatic carbocycles. The molecule has 0 unspecified atom stereocenters. The van der Waals surface area contributed by atoms with Crippen LogP contribution < -0.4 is 0 Å². The van der Waals surface area contributed by atoms with Crippen LogP contribution in [0.5, 0.6) is 0 Å². The minimum absolute atomic E-state index is 0. The van der Waals surface area contributed by atoms with Crippen LogP contribution in [0, 0.1) is 58.6 Å². The second-order valence-corrected chi connectivity index (χ2v) is 25.3. The molecule has 81 heavy (non-hydrogen) atoms. The molecule has 0 saturated heterocycles. The predicted octanol–water partition coefficient (Wildman–Crippen LogP) is 17.7. The van der Waals surface area contributed by atoms with E-state index in [4.69, 9.17) is 19.5 Å². The third-order valence-corrected chi connectivity index (χ3v) is 18.5. The van der Waals surface area contributed by atoms with Gasteiger partial charge >= 0.3 is 348 Å². The maximum Gasteiger partial charge on any atom is 0 e. The van der Waals surface area contributed by atoms with Gasteiger partial charge in [-0.3, -0.25) is 9.59 Å². The van der Waals surface area contributed by atoms with Crippen LogP contribution in [0.1, 0.15) is 121 Å². The van der Waals surface area contributed by atoms with E-state index in [1.54, 1.807) is 0 Å². The number of hydrogen-bond donors (Lipinski definition) is 2. The normalized spacial score (nSPS) is 11.5. The third-order valence-electron chi connectivity index (χ3n) is 13.8. The van der Waals surface area contributed by atoms with Gasteiger partial charge in [0.25, 0.3) is 0 Å². The maximum atomic E-state index is 11.7. The first-order valence-corrected chi connectivity index (χ1v) is 30.7. The largest absolute Gasteiger partial charge is 0 e. The standard InChI is InChI=1S/C27H19N2OSe.C24H22NSe.C13H24O2.C5H8O2.2Ir/c1-15-9-16(2)11-18(10-15)24-13-19-12-23(28-14-25(19)31-24)22-6-4-5-20-21-8-7-17(3)29-27(21)30-26(20)22;1-15(2)18-5-7-19(8-6-18)23-13-21-12-22(25-14-24(21)26-23)20-10-16(3)9-17(4)11-20;1-5-10(6-2)12(14)9-13(15)11(7-3)8-4;1-4(6)3-5(2)7;;/h4-5,7-14H,1-3H3;5-10,12-15H,1-4H3;9-11,14H,5-8H2,1-4H3;3,6H,1-2H3;;/q2*-1;;;;. The van der Waals surface area contributed by atoms with Gasteiger partial charge in [0.1, 0.15) is 0 Å². The summed E-state index contributed by atoms with van der Waals surface area (Å²) >= 11 is 0.587. The number of aromatic nitrogens is 3. The Morgan fingerprint density at radius 3 is 1.75 bits per heavy atom. The van der Waals surface area contributed by atoms with E-state index in [0.29, 0.717) is 26.1 Å². The number of aliphatic hydroxyl groups excluding tert-OH is 2. The molecule has 6 aromatic heterocycles. The summed E-state index contributed by atoms with van der Waals surface area (Å²) in [5.41, 5.74) is 15.3. The Morgan fingerprint density at radius 1 is 0.642 bits per heavy atom. The molecule has 6 heterocycles. The van der Waals surface area contributed by atoms with Gasteiger partial charge in [0.15, 0.2) is 11.6 Å². The van der Waals surface area contributed by atoms with Crippen molar-refractivity contribution in [2.24, 2.45) is 11.8 Å². The van der Waals surface area contributed by atoms with Gasteiger partial charge in [0.05, 0.1) is 11.5 Å². The molecule has 10 rings (SSSR count). The summed E-state index contributed by atoms with van der Waals surface area (Å²) in [6, 6.07) is 44.0. The van der Waals surface area contributed by atoms with Crippen LogP contribution in [-0.2, 0) is 49.8 Å². The number of fused-ring (bicyclic) bond motifs is 5. The van der Waals surface area contributed by atoms with Crippen molar-refractivity contribution in [1.82, 2.24) is 15.0 Å². The van der Waals surface area contributed by atoms with Crippen molar-refractivity contribution in [2.45, 2.75) is 122 Å². The minimum Gasteiger partial charge on any atom is 0 e. The molecule has 0 aliphatic heterocycles. The Kier molecular flexibility index (Phi) is 25.0. The fourth-order valence-electron chi connectivity index (χ4n) is 9.62. The minimum atomic E-state index is -0.125. The fraction of sp³-hybridized carbons (Fsp3) is 0.290. The average Bonchev–Trinajstić information content (AvgIpc) is 4.38. The van der Waals surface area contributed by atoms with E-state index in [1.165, 1.54) is 87.5 Å². The first kappa shape index (κ1) is 66.2. The number of carbonyl (C=O) groups is 2. The Labute approximate surface area is 517 Å². The number of rotatable bonds is 13. The van der Waals surface area contributed by atoms with Crippen LogP contribution in [0.4, 0.5) is 0 Å². The molecule has 0 atom stereocenters. The average molecular weight is 1570 g/mol. The molecule has 2 N–H and O–H groups in total. The van der Waals surface area contributed by atoms with Crippen molar-refractivity contribution in [3.05, 3.63) is 185 Å². The molecule has 10 aromatic rings. The van der Waals surface area contributed by atoms with Crippen LogP contribution in [0.2, 0.25) is 0 Å². The number of ketones is 2. The van der Waals surface area contributed by atoms with Crippen molar-refractivity contribution < 1.29 is 64.4 Å². The summed E-state index contributed by atoms with van der Waals surface area (Å²) in [5.74, 6) is 1.06. The summed E-state index contributed by atoms with van der Waals surface area (Å²) in [5, 5.41) is 22.8. The zero-order chi connectivity index (χ0) is 57.1. The molecule has 0 amide bonds. The zero-order valence-electron chi connectivity index (χ0n) is 48.6. The molecular weight excluding hydrogens is 1490 g/mol. The number of carbonyl (C=O) groups excluding carboxylic acids is 2. The van der Waals surface area contributed by atoms with Gasteiger partial charge in [0, 0.05) is 64.2 Å². The SMILES string of the molecule is CC(=O)C=C(C)O.CCC(CC)C(=O)C=C(O)C(CC)CC.Cc1[c-]c(-c2cc3cc(-c4ccc(C(C)C)cc4)[se]c3cn2)cc(C)c1.Cc1cc(C)cc(-c2cc3cc(-c4[c-]ccc5c4oc4nc(C)ccc45)ncc3[se]2)c1.[Ir].[Ir]. The molecule has 0 aliphatic rings. The predicted molar refractivity (Wildman–Crippen MR) is 331 cm³/mol. The molecule has 0 spiro atoms. The summed E-state index contributed by atoms with van der Waals surface area (Å²) in [7, 11) is 0. The number of pyridine rings is 3. The Bertz CT molecular complexity index is 3780. The molecule has 426 valence electrons. The third kappa shape index (κ3) is 17.5. The van der Waals surface area contributed by atoms with Crippen LogP contribution >= 0.6 is 0 Å². The number of furan rings is 1. The monoisotopic (exact) mass is 1570 g/mol. The van der Waals surface area contributed by atoms with Gasteiger partial charge in [0.2, 0.25) is 0 Å². The van der Waals surface area contributed by atoms with Crippen LogP contribution in [0.3, 0.4) is 0 Å². The van der Waals surface area contributed by atoms with Crippen LogP contribution in [0.25, 0.3) is 83.9 Å². The second-order valence-electron chi connectivity index (χ2n) is 20.7. The first-order valence-electron chi connectivity index (χ1n) is 27.3. The van der Waals surface area contributed by atoms with E-state index >= 15 is 0 Å². The van der Waals surface area contributed by atoms with Gasteiger partial charge in [-0.25, -0.2) is 0 Å². The summed E-state index contributed by atoms with van der Waals surface area (Å²) in [6.07, 6.45) is 10.2. The number of allylic oxidation sites excluding steroid dienone is 4. The Balaban J connectivity index is 0.000000218. The maximum absolute atomic E-state index is 11.7. The van der Waals surface area contributed by atoms with Gasteiger partial charge in [-0.15, -0.1) is 0 Å². The van der Waals surface area contributed by atoms with Crippen molar-refractivity contribution in [3.8, 4) is 42.5 Å². The number of aryl methyl sites for hydroxylation is 5. The zero-order valence-corrected chi connectivity index (χ0v) is 56.8. The number of benzene rings is 4. The molecule has 8 nitrogen and oxygen atoms in total. The van der Waals surface area contributed by atoms with E-state index in [-0.39, 0.29) is 89.6 Å². The number of hydrogen-bond acceptors (Lipinski definition) is 8. The fourth-order valence-corrected chi connectivity index (χ4v) is 13.9. The van der Waals surface area contributed by atoms with Crippen molar-refractivity contribution in [3.63, 3.8) is 0 Å². The Hall–Kier alpha value is -5.63. The number of nitrogens with zero attached hydrogens (tertiary/aromatic N) is 3. The van der Waals surface area contributed by atoms with Gasteiger partial charge in [-0.2, -0.15) is 0 Å². The van der Waals surface area contributed by atoms with E-state index in [9.17, 15) is 14.7 Å². The first-order chi connectivity index (χ1) is 37.8. The number of aliphatic hydroxyl groups is 2. The second kappa shape index (κ2) is 30.6. The topological polar surface area (TPSA) is 126 Å². The summed E-state index contributed by atoms with van der Waals surface area (Å²) in [4.78, 5) is 35.8. The molecule has 4 aromatic carbocycles. The van der Waals surface area contributed by atoms with E-state index in [0.717, 1.165) is 75.8 Å². The summed E-state index contributed by atoms with van der Waals surface area (Å²) in [6.45, 7) is 25.9. The van der Waals surface area contributed by atoms with E-state index in [1.807, 2.05) is 59.0 Å². The summed E-state index contributed by atoms with van der Waals surface area (Å²) < 4.78 is 11.7. The van der Waals surface area contributed by atoms with Crippen LogP contribution in [0.15, 0.2) is 144 Å².